The van der Waals surface area contributed by atoms with Crippen LogP contribution in [0.1, 0.15) is 0 Å². The van der Waals surface area contributed by atoms with E-state index in [1.165, 1.54) is 0 Å². The maximum atomic E-state index is 10.1. The molecule has 0 saturated carbocycles. The Labute approximate surface area is 49.5 Å². The zero-order chi connectivity index (χ0) is 5.86. The average Bonchev–Trinajstić information content (AvgIpc) is 1.65. The molecule has 0 aromatic carbocycles. The molecule has 36 valence electrons. The third-order valence-corrected chi connectivity index (χ3v) is 1.04. The predicted molar refractivity (Wildman–Crippen MR) is 36.0 cm³/mol. The van der Waals surface area contributed by atoms with Gasteiger partial charge in [0.15, 0.2) is 0 Å². The van der Waals surface area contributed by atoms with Crippen LogP contribution in [-0.2, 0) is 4.79 Å². The zero-order valence-corrected chi connectivity index (χ0v) is 5.12. The maximum Gasteiger partial charge on any atom is 0.237 e. The summed E-state index contributed by atoms with van der Waals surface area (Å²) in [5, 5.41) is -0.373. The summed E-state index contributed by atoms with van der Waals surface area (Å²) in [4.78, 5) is 10.1. The molecule has 0 heterocycles. The quantitative estimate of drug-likeness (QED) is 0.239. The lowest BCUT2D eigenvalue weighted by atomic mass is 9.91. The van der Waals surface area contributed by atoms with Crippen molar-refractivity contribution in [3.63, 3.8) is 0 Å². The van der Waals surface area contributed by atoms with Crippen LogP contribution >= 0.6 is 11.6 Å². The number of rotatable bonds is 1. The SMILES string of the molecule is B/C=C(\B)C(=O)Cl. The van der Waals surface area contributed by atoms with Crippen molar-refractivity contribution in [1.82, 2.24) is 0 Å². The zero-order valence-electron chi connectivity index (χ0n) is 4.36. The van der Waals surface area contributed by atoms with Gasteiger partial charge in [0.2, 0.25) is 5.24 Å². The fourth-order valence-electron chi connectivity index (χ4n) is 0.113. The van der Waals surface area contributed by atoms with Gasteiger partial charge < -0.3 is 0 Å². The Bertz CT molecular complexity index is 110. The van der Waals surface area contributed by atoms with Crippen LogP contribution in [0.4, 0.5) is 0 Å². The van der Waals surface area contributed by atoms with Gasteiger partial charge in [0.05, 0.1) is 0 Å². The van der Waals surface area contributed by atoms with E-state index in [1.54, 1.807) is 21.7 Å². The molecule has 1 nitrogen and oxygen atoms in total. The van der Waals surface area contributed by atoms with Gasteiger partial charge in [-0.25, -0.2) is 0 Å². The first-order valence-corrected chi connectivity index (χ1v) is 2.39. The van der Waals surface area contributed by atoms with Crippen molar-refractivity contribution >= 4 is 32.5 Å². The molecule has 0 N–H and O–H groups in total. The van der Waals surface area contributed by atoms with E-state index in [0.29, 0.717) is 5.47 Å². The molecular formula is C3H5B2ClO. The van der Waals surface area contributed by atoms with Gasteiger partial charge in [-0.1, -0.05) is 0 Å². The Balaban J connectivity index is 3.82. The fourth-order valence-corrected chi connectivity index (χ4v) is 0.223. The molecular weight excluding hydrogens is 109 g/mol. The predicted octanol–water partition coefficient (Wildman–Crippen LogP) is -1.14. The number of allylic oxidation sites excluding steroid dienone is 1. The molecule has 0 aliphatic carbocycles. The Morgan fingerprint density at radius 2 is 2.14 bits per heavy atom. The molecule has 0 aromatic rings. The van der Waals surface area contributed by atoms with E-state index >= 15 is 0 Å². The Morgan fingerprint density at radius 1 is 1.71 bits per heavy atom. The molecule has 0 radical (unpaired) electrons. The smallest absolute Gasteiger partial charge is 0.237 e. The molecule has 0 atom stereocenters. The van der Waals surface area contributed by atoms with E-state index < -0.39 is 0 Å². The molecule has 0 fully saturated rings. The molecule has 0 spiro atoms. The lowest BCUT2D eigenvalue weighted by molar-refractivity contribution is -0.108. The topological polar surface area (TPSA) is 17.1 Å². The van der Waals surface area contributed by atoms with Crippen LogP contribution in [0.5, 0.6) is 0 Å². The van der Waals surface area contributed by atoms with Crippen molar-refractivity contribution in [1.29, 1.82) is 0 Å². The molecule has 0 saturated heterocycles. The van der Waals surface area contributed by atoms with Gasteiger partial charge in [-0.15, -0.1) is 5.98 Å². The largest absolute Gasteiger partial charge is 0.277 e. The van der Waals surface area contributed by atoms with Crippen molar-refractivity contribution in [2.45, 2.75) is 0 Å². The standard InChI is InChI=1S/C3H5B2ClO/c4-1-2(5)3(6)7/h1H,4-5H2/b2-1-. The van der Waals surface area contributed by atoms with Gasteiger partial charge in [0.25, 0.3) is 0 Å². The summed E-state index contributed by atoms with van der Waals surface area (Å²) in [5.41, 5.74) is 0.599. The summed E-state index contributed by atoms with van der Waals surface area (Å²) < 4.78 is 0. The Morgan fingerprint density at radius 3 is 2.14 bits per heavy atom. The van der Waals surface area contributed by atoms with Crippen molar-refractivity contribution < 1.29 is 4.79 Å². The number of carbonyl (C=O) groups is 1. The van der Waals surface area contributed by atoms with Crippen molar-refractivity contribution in [3.8, 4) is 0 Å². The van der Waals surface area contributed by atoms with Crippen LogP contribution < -0.4 is 0 Å². The normalized spacial score (nSPS) is 11.3. The second-order valence-electron chi connectivity index (χ2n) is 1.25. The molecule has 0 unspecified atom stereocenters. The summed E-state index contributed by atoms with van der Waals surface area (Å²) in [6.07, 6.45) is 0. The molecule has 0 aromatic heterocycles. The first-order chi connectivity index (χ1) is 3.18. The highest BCUT2D eigenvalue weighted by molar-refractivity contribution is 6.73. The summed E-state index contributed by atoms with van der Waals surface area (Å²) in [6, 6.07) is 0. The van der Waals surface area contributed by atoms with Crippen molar-refractivity contribution in [2.24, 2.45) is 0 Å². The molecule has 0 amide bonds. The van der Waals surface area contributed by atoms with Crippen LogP contribution in [0.3, 0.4) is 0 Å². The number of hydrogen-bond donors (Lipinski definition) is 0. The van der Waals surface area contributed by atoms with E-state index in [9.17, 15) is 4.79 Å². The average molecular weight is 114 g/mol. The first kappa shape index (κ1) is 6.83. The summed E-state index contributed by atoms with van der Waals surface area (Å²) in [7, 11) is 3.45. The van der Waals surface area contributed by atoms with Crippen LogP contribution in [-0.4, -0.2) is 20.9 Å². The van der Waals surface area contributed by atoms with Crippen molar-refractivity contribution in [3.05, 3.63) is 11.4 Å². The maximum absolute atomic E-state index is 10.1. The minimum atomic E-state index is -0.373. The van der Waals surface area contributed by atoms with E-state index in [2.05, 4.69) is 0 Å². The highest BCUT2D eigenvalue weighted by Gasteiger charge is 1.92. The van der Waals surface area contributed by atoms with E-state index in [0.717, 1.165) is 0 Å². The second-order valence-corrected chi connectivity index (χ2v) is 1.59. The van der Waals surface area contributed by atoms with Crippen molar-refractivity contribution in [2.75, 3.05) is 0 Å². The summed E-state index contributed by atoms with van der Waals surface area (Å²) >= 11 is 5.02. The van der Waals surface area contributed by atoms with Crippen LogP contribution in [0.15, 0.2) is 11.4 Å². The van der Waals surface area contributed by atoms with Gasteiger partial charge in [-0.3, -0.25) is 4.79 Å². The lowest BCUT2D eigenvalue weighted by Gasteiger charge is -1.82. The first-order valence-electron chi connectivity index (χ1n) is 2.01. The second kappa shape index (κ2) is 2.92. The third-order valence-electron chi connectivity index (χ3n) is 0.743. The number of carbonyl (C=O) groups excluding carboxylic acids is 1. The van der Waals surface area contributed by atoms with E-state index in [-0.39, 0.29) is 5.24 Å². The summed E-state index contributed by atoms with van der Waals surface area (Å²) in [6.45, 7) is 0. The lowest BCUT2D eigenvalue weighted by Crippen LogP contribution is -1.90. The molecule has 0 aliphatic rings. The molecule has 0 rings (SSSR count). The van der Waals surface area contributed by atoms with Crippen LogP contribution in [0, 0.1) is 0 Å². The Kier molecular flexibility index (Phi) is 2.84. The van der Waals surface area contributed by atoms with Gasteiger partial charge in [-0.2, -0.15) is 0 Å². The van der Waals surface area contributed by atoms with Gasteiger partial charge in [-0.05, 0) is 17.1 Å². The number of halogens is 1. The van der Waals surface area contributed by atoms with Gasteiger partial charge >= 0.3 is 0 Å². The van der Waals surface area contributed by atoms with E-state index in [4.69, 9.17) is 11.6 Å². The highest BCUT2D eigenvalue weighted by atomic mass is 35.5. The fraction of sp³-hybridized carbons (Fsp3) is 0. The molecule has 4 heteroatoms. The third kappa shape index (κ3) is 2.52. The minimum absolute atomic E-state index is 0.373. The Hall–Kier alpha value is -0.170. The van der Waals surface area contributed by atoms with Gasteiger partial charge in [0, 0.05) is 0 Å². The van der Waals surface area contributed by atoms with E-state index in [1.807, 2.05) is 0 Å². The van der Waals surface area contributed by atoms with Crippen LogP contribution in [0.25, 0.3) is 0 Å². The molecule has 0 aliphatic heterocycles. The molecule has 7 heavy (non-hydrogen) atoms. The van der Waals surface area contributed by atoms with Crippen LogP contribution in [0.2, 0.25) is 0 Å². The highest BCUT2D eigenvalue weighted by Crippen LogP contribution is 1.90. The number of hydrogen-bond acceptors (Lipinski definition) is 1. The molecule has 0 bridgehead atoms. The minimum Gasteiger partial charge on any atom is -0.277 e. The van der Waals surface area contributed by atoms with Gasteiger partial charge in [0.1, 0.15) is 15.7 Å². The monoisotopic (exact) mass is 114 g/mol. The summed E-state index contributed by atoms with van der Waals surface area (Å²) in [5.74, 6) is 1.68.